The number of amides is 1. The van der Waals surface area contributed by atoms with Gasteiger partial charge in [0.1, 0.15) is 11.9 Å². The van der Waals surface area contributed by atoms with Crippen LogP contribution < -0.4 is 10.2 Å². The summed E-state index contributed by atoms with van der Waals surface area (Å²) in [5.74, 6) is -0.408. The van der Waals surface area contributed by atoms with Crippen LogP contribution in [0.15, 0.2) is 42.6 Å². The highest BCUT2D eigenvalue weighted by atomic mass is 19.1. The second-order valence-electron chi connectivity index (χ2n) is 5.88. The topological polar surface area (TPSA) is 38.5 Å². The minimum absolute atomic E-state index is 0.0679. The van der Waals surface area contributed by atoms with Crippen molar-refractivity contribution in [3.63, 3.8) is 0 Å². The number of carbonyl (C=O) groups is 1. The van der Waals surface area contributed by atoms with Crippen molar-refractivity contribution in [3.05, 3.63) is 54.1 Å². The fraction of sp³-hybridized carbons (Fsp3) is 0.353. The monoisotopic (exact) mass is 302 g/mol. The minimum atomic E-state index is -0.340. The molecule has 22 heavy (non-hydrogen) atoms. The number of halogens is 1. The second kappa shape index (κ2) is 6.32. The summed E-state index contributed by atoms with van der Waals surface area (Å²) in [7, 11) is 2.04. The zero-order valence-electron chi connectivity index (χ0n) is 12.7. The van der Waals surface area contributed by atoms with Crippen LogP contribution >= 0.6 is 0 Å². The van der Waals surface area contributed by atoms with Gasteiger partial charge in [0.2, 0.25) is 0 Å². The summed E-state index contributed by atoms with van der Waals surface area (Å²) in [5, 5.41) is 2.78. The van der Waals surface area contributed by atoms with Crippen molar-refractivity contribution < 1.29 is 14.1 Å². The molecule has 5 heteroatoms. The van der Waals surface area contributed by atoms with E-state index in [9.17, 15) is 9.18 Å². The maximum atomic E-state index is 13.2. The molecule has 3 rings (SSSR count). The summed E-state index contributed by atoms with van der Waals surface area (Å²) in [6, 6.07) is 10.5. The van der Waals surface area contributed by atoms with Crippen molar-refractivity contribution in [2.75, 3.05) is 18.4 Å². The van der Waals surface area contributed by atoms with Gasteiger partial charge >= 0.3 is 0 Å². The first-order valence-corrected chi connectivity index (χ1v) is 7.65. The molecule has 1 aliphatic heterocycles. The van der Waals surface area contributed by atoms with E-state index >= 15 is 0 Å². The summed E-state index contributed by atoms with van der Waals surface area (Å²) >= 11 is 0. The van der Waals surface area contributed by atoms with Crippen LogP contribution in [-0.4, -0.2) is 23.6 Å². The molecular formula is C17H21FN3O+. The van der Waals surface area contributed by atoms with E-state index in [2.05, 4.69) is 16.0 Å². The maximum absolute atomic E-state index is 13.2. The molecule has 0 spiro atoms. The highest BCUT2D eigenvalue weighted by molar-refractivity contribution is 5.91. The smallest absolute Gasteiger partial charge is 0.279 e. The van der Waals surface area contributed by atoms with Gasteiger partial charge < -0.3 is 14.8 Å². The zero-order valence-corrected chi connectivity index (χ0v) is 12.7. The highest BCUT2D eigenvalue weighted by Crippen LogP contribution is 2.19. The van der Waals surface area contributed by atoms with E-state index in [1.807, 2.05) is 19.3 Å². The Balaban J connectivity index is 1.64. The van der Waals surface area contributed by atoms with Crippen molar-refractivity contribution in [2.24, 2.45) is 7.05 Å². The Morgan fingerprint density at radius 1 is 1.41 bits per heavy atom. The number of hydrogen-bond acceptors (Lipinski definition) is 1. The second-order valence-corrected chi connectivity index (χ2v) is 5.88. The lowest BCUT2D eigenvalue weighted by Gasteiger charge is -2.21. The number of nitrogens with one attached hydrogen (secondary N) is 2. The Labute approximate surface area is 129 Å². The predicted molar refractivity (Wildman–Crippen MR) is 83.1 cm³/mol. The summed E-state index contributed by atoms with van der Waals surface area (Å²) < 4.78 is 15.3. The molecule has 1 amide bonds. The highest BCUT2D eigenvalue weighted by Gasteiger charge is 2.32. The molecule has 1 unspecified atom stereocenters. The molecule has 1 aromatic carbocycles. The number of nitrogens with zero attached hydrogens (tertiary/aromatic N) is 1. The number of carbonyl (C=O) groups excluding carboxylic acids is 1. The first-order valence-electron chi connectivity index (χ1n) is 7.65. The van der Waals surface area contributed by atoms with Crippen LogP contribution in [0.1, 0.15) is 24.6 Å². The predicted octanol–water partition coefficient (Wildman–Crippen LogP) is 1.52. The molecule has 116 valence electrons. The number of hydrogen-bond donors (Lipinski definition) is 2. The molecule has 1 saturated heterocycles. The van der Waals surface area contributed by atoms with Gasteiger partial charge in [-0.3, -0.25) is 4.79 Å². The van der Waals surface area contributed by atoms with Gasteiger partial charge in [0.25, 0.3) is 5.91 Å². The number of anilines is 1. The van der Waals surface area contributed by atoms with Crippen LogP contribution in [0.3, 0.4) is 0 Å². The van der Waals surface area contributed by atoms with Crippen molar-refractivity contribution in [2.45, 2.75) is 18.9 Å². The third-order valence-corrected chi connectivity index (χ3v) is 4.32. The number of benzene rings is 1. The normalized spacial score (nSPS) is 21.0. The van der Waals surface area contributed by atoms with Crippen LogP contribution in [0.4, 0.5) is 10.1 Å². The third kappa shape index (κ3) is 3.20. The van der Waals surface area contributed by atoms with Gasteiger partial charge in [0.05, 0.1) is 12.2 Å². The fourth-order valence-corrected chi connectivity index (χ4v) is 3.29. The number of quaternary nitrogens is 1. The summed E-state index contributed by atoms with van der Waals surface area (Å²) in [5.41, 5.74) is 1.78. The average molecular weight is 302 g/mol. The van der Waals surface area contributed by atoms with E-state index in [1.54, 1.807) is 12.1 Å². The number of likely N-dealkylation sites (tertiary alicyclic amines) is 1. The molecule has 2 aromatic rings. The van der Waals surface area contributed by atoms with Crippen molar-refractivity contribution in [3.8, 4) is 0 Å². The molecule has 0 saturated carbocycles. The molecular weight excluding hydrogens is 281 g/mol. The van der Waals surface area contributed by atoms with E-state index in [-0.39, 0.29) is 11.7 Å². The van der Waals surface area contributed by atoms with E-state index in [1.165, 1.54) is 22.7 Å². The van der Waals surface area contributed by atoms with Crippen molar-refractivity contribution >= 4 is 11.6 Å². The number of aryl methyl sites for hydroxylation is 1. The first-order chi connectivity index (χ1) is 10.6. The van der Waals surface area contributed by atoms with Gasteiger partial charge in [-0.25, -0.2) is 4.39 Å². The van der Waals surface area contributed by atoms with Crippen LogP contribution in [0.25, 0.3) is 0 Å². The maximum Gasteiger partial charge on any atom is 0.279 e. The van der Waals surface area contributed by atoms with Crippen LogP contribution in [0.2, 0.25) is 0 Å². The van der Waals surface area contributed by atoms with E-state index in [0.29, 0.717) is 18.3 Å². The molecule has 2 atom stereocenters. The fourth-order valence-electron chi connectivity index (χ4n) is 3.29. The minimum Gasteiger partial charge on any atom is -0.350 e. The molecule has 0 bridgehead atoms. The standard InChI is InChI=1S/C17H20FN3O/c1-20-9-3-7-15(20)16-8-4-10-21(16)12-17(22)19-14-6-2-5-13(18)11-14/h2-3,5-7,9,11,16H,4,8,10,12H2,1H3,(H,19,22)/p+1/t16-/m0/s1. The lowest BCUT2D eigenvalue weighted by atomic mass is 10.1. The average Bonchev–Trinajstić information content (AvgIpc) is 3.07. The largest absolute Gasteiger partial charge is 0.350 e. The molecule has 1 fully saturated rings. The van der Waals surface area contributed by atoms with Gasteiger partial charge in [-0.2, -0.15) is 0 Å². The quantitative estimate of drug-likeness (QED) is 0.883. The van der Waals surface area contributed by atoms with Gasteiger partial charge in [-0.15, -0.1) is 0 Å². The van der Waals surface area contributed by atoms with Gasteiger partial charge in [-0.1, -0.05) is 6.07 Å². The van der Waals surface area contributed by atoms with E-state index in [4.69, 9.17) is 0 Å². The summed E-state index contributed by atoms with van der Waals surface area (Å²) in [6.07, 6.45) is 4.26. The van der Waals surface area contributed by atoms with Gasteiger partial charge in [0.15, 0.2) is 6.54 Å². The molecule has 1 aliphatic rings. The Kier molecular flexibility index (Phi) is 4.24. The molecule has 2 N–H and O–H groups in total. The first kappa shape index (κ1) is 14.8. The molecule has 0 radical (unpaired) electrons. The van der Waals surface area contributed by atoms with E-state index < -0.39 is 0 Å². The molecule has 4 nitrogen and oxygen atoms in total. The Bertz CT molecular complexity index is 667. The van der Waals surface area contributed by atoms with Crippen molar-refractivity contribution in [1.29, 1.82) is 0 Å². The van der Waals surface area contributed by atoms with Gasteiger partial charge in [0, 0.05) is 31.8 Å². The summed E-state index contributed by atoms with van der Waals surface area (Å²) in [4.78, 5) is 13.5. The van der Waals surface area contributed by atoms with Gasteiger partial charge in [-0.05, 0) is 30.3 Å². The molecule has 2 heterocycles. The molecule has 1 aromatic heterocycles. The van der Waals surface area contributed by atoms with Crippen LogP contribution in [0, 0.1) is 5.82 Å². The van der Waals surface area contributed by atoms with Crippen LogP contribution in [0.5, 0.6) is 0 Å². The van der Waals surface area contributed by atoms with Crippen molar-refractivity contribution in [1.82, 2.24) is 4.57 Å². The van der Waals surface area contributed by atoms with Crippen LogP contribution in [-0.2, 0) is 11.8 Å². The summed E-state index contributed by atoms with van der Waals surface area (Å²) in [6.45, 7) is 1.40. The molecule has 0 aliphatic carbocycles. The Hall–Kier alpha value is -2.14. The third-order valence-electron chi connectivity index (χ3n) is 4.32. The van der Waals surface area contributed by atoms with E-state index in [0.717, 1.165) is 19.4 Å². The Morgan fingerprint density at radius 3 is 3.00 bits per heavy atom. The zero-order chi connectivity index (χ0) is 15.5. The lowest BCUT2D eigenvalue weighted by Crippen LogP contribution is -3.11. The SMILES string of the molecule is Cn1cccc1[C@@H]1CCC[NH+]1CC(=O)Nc1cccc(F)c1. The number of rotatable bonds is 4. The number of aromatic nitrogens is 1. The Morgan fingerprint density at radius 2 is 2.27 bits per heavy atom. The lowest BCUT2D eigenvalue weighted by molar-refractivity contribution is -0.910.